The van der Waals surface area contributed by atoms with E-state index in [4.69, 9.17) is 29.8 Å². The number of carboxylic acids is 2. The van der Waals surface area contributed by atoms with E-state index >= 15 is 0 Å². The van der Waals surface area contributed by atoms with Crippen LogP contribution in [0.3, 0.4) is 0 Å². The second-order valence-corrected chi connectivity index (χ2v) is 6.93. The zero-order valence-corrected chi connectivity index (χ0v) is 15.9. The number of carboxylic acid groups (broad SMARTS) is 2. The van der Waals surface area contributed by atoms with Crippen molar-refractivity contribution in [3.63, 3.8) is 0 Å². The Balaban J connectivity index is 0.000000321. The molecule has 29 heavy (non-hydrogen) atoms. The first-order valence-electron chi connectivity index (χ1n) is 8.83. The number of benzene rings is 1. The van der Waals surface area contributed by atoms with E-state index in [2.05, 4.69) is 6.92 Å². The van der Waals surface area contributed by atoms with Gasteiger partial charge in [0.25, 0.3) is 5.91 Å². The van der Waals surface area contributed by atoms with Gasteiger partial charge in [-0.2, -0.15) is 0 Å². The number of carbonyl (C=O) groups excluding carboxylic acids is 1. The Morgan fingerprint density at radius 1 is 1.03 bits per heavy atom. The van der Waals surface area contributed by atoms with Crippen LogP contribution in [0, 0.1) is 5.41 Å². The second-order valence-electron chi connectivity index (χ2n) is 6.93. The second kappa shape index (κ2) is 9.74. The highest BCUT2D eigenvalue weighted by atomic mass is 16.5. The Bertz CT molecular complexity index is 838. The fourth-order valence-electron chi connectivity index (χ4n) is 2.35. The van der Waals surface area contributed by atoms with Gasteiger partial charge in [-0.05, 0) is 36.4 Å². The highest BCUT2D eigenvalue weighted by Gasteiger charge is 2.34. The van der Waals surface area contributed by atoms with Crippen LogP contribution in [0.4, 0.5) is 0 Å². The SMILES string of the molecule is CC1(COc2ccc(-c3ccc(C(N)=O)o3)cc2)COC1.O=C(O)CCC(=O)O. The molecule has 1 aromatic carbocycles. The lowest BCUT2D eigenvalue weighted by atomic mass is 9.90. The predicted octanol–water partition coefficient (Wildman–Crippen LogP) is 2.40. The summed E-state index contributed by atoms with van der Waals surface area (Å²) in [6.07, 6.45) is -0.593. The van der Waals surface area contributed by atoms with Crippen molar-refractivity contribution in [1.29, 1.82) is 0 Å². The highest BCUT2D eigenvalue weighted by Crippen LogP contribution is 2.29. The van der Waals surface area contributed by atoms with Crippen molar-refractivity contribution < 1.29 is 38.5 Å². The maximum Gasteiger partial charge on any atom is 0.303 e. The van der Waals surface area contributed by atoms with Crippen molar-refractivity contribution in [2.45, 2.75) is 19.8 Å². The average Bonchev–Trinajstić information content (AvgIpc) is 3.15. The largest absolute Gasteiger partial charge is 0.493 e. The van der Waals surface area contributed by atoms with Crippen LogP contribution in [0.1, 0.15) is 30.3 Å². The van der Waals surface area contributed by atoms with E-state index in [9.17, 15) is 14.4 Å². The van der Waals surface area contributed by atoms with Crippen molar-refractivity contribution in [2.24, 2.45) is 11.1 Å². The predicted molar refractivity (Wildman–Crippen MR) is 102 cm³/mol. The first kappa shape index (κ1) is 22.0. The molecule has 0 atom stereocenters. The number of amides is 1. The topological polar surface area (TPSA) is 149 Å². The molecule has 9 heteroatoms. The van der Waals surface area contributed by atoms with Crippen LogP contribution in [-0.4, -0.2) is 47.9 Å². The number of ether oxygens (including phenoxy) is 2. The van der Waals surface area contributed by atoms with Gasteiger partial charge in [0.15, 0.2) is 5.76 Å². The normalized spacial score (nSPS) is 14.1. The molecule has 0 aliphatic carbocycles. The number of hydrogen-bond acceptors (Lipinski definition) is 6. The summed E-state index contributed by atoms with van der Waals surface area (Å²) in [5.41, 5.74) is 6.15. The van der Waals surface area contributed by atoms with E-state index in [0.29, 0.717) is 12.4 Å². The maximum atomic E-state index is 11.0. The lowest BCUT2D eigenvalue weighted by Gasteiger charge is -2.37. The van der Waals surface area contributed by atoms with Gasteiger partial charge in [-0.3, -0.25) is 14.4 Å². The standard InChI is InChI=1S/C16H17NO4.C4H6O4/c1-16(8-19-9-16)10-20-12-4-2-11(3-5-12)13-6-7-14(21-13)15(17)18;5-3(6)1-2-4(7)8/h2-7H,8-10H2,1H3,(H2,17,18);1-2H2,(H,5,6)(H,7,8). The van der Waals surface area contributed by atoms with Gasteiger partial charge in [0, 0.05) is 11.0 Å². The van der Waals surface area contributed by atoms with Crippen LogP contribution < -0.4 is 10.5 Å². The minimum atomic E-state index is -1.08. The van der Waals surface area contributed by atoms with E-state index in [1.807, 2.05) is 24.3 Å². The Kier molecular flexibility index (Phi) is 7.38. The van der Waals surface area contributed by atoms with Crippen molar-refractivity contribution >= 4 is 17.8 Å². The van der Waals surface area contributed by atoms with E-state index in [1.54, 1.807) is 12.1 Å². The van der Waals surface area contributed by atoms with Crippen molar-refractivity contribution in [3.05, 3.63) is 42.2 Å². The molecule has 1 amide bonds. The molecule has 0 radical (unpaired) electrons. The summed E-state index contributed by atoms with van der Waals surface area (Å²) in [6, 6.07) is 10.8. The van der Waals surface area contributed by atoms with Crippen LogP contribution in [-0.2, 0) is 14.3 Å². The van der Waals surface area contributed by atoms with Crippen LogP contribution in [0.5, 0.6) is 5.75 Å². The molecule has 2 aromatic rings. The van der Waals surface area contributed by atoms with Gasteiger partial charge >= 0.3 is 11.9 Å². The number of rotatable bonds is 8. The summed E-state index contributed by atoms with van der Waals surface area (Å²) in [6.45, 7) is 4.26. The van der Waals surface area contributed by atoms with Gasteiger partial charge < -0.3 is 29.8 Å². The number of hydrogen-bond donors (Lipinski definition) is 3. The summed E-state index contributed by atoms with van der Waals surface area (Å²) < 4.78 is 16.3. The summed E-state index contributed by atoms with van der Waals surface area (Å²) in [7, 11) is 0. The van der Waals surface area contributed by atoms with Crippen LogP contribution in [0.15, 0.2) is 40.8 Å². The number of primary amides is 1. The first-order chi connectivity index (χ1) is 13.7. The molecular weight excluding hydrogens is 382 g/mol. The van der Waals surface area contributed by atoms with Crippen molar-refractivity contribution in [1.82, 2.24) is 0 Å². The molecule has 1 aliphatic rings. The molecule has 4 N–H and O–H groups in total. The third-order valence-corrected chi connectivity index (χ3v) is 4.03. The fourth-order valence-corrected chi connectivity index (χ4v) is 2.35. The molecule has 9 nitrogen and oxygen atoms in total. The van der Waals surface area contributed by atoms with E-state index in [1.165, 1.54) is 0 Å². The molecule has 3 rings (SSSR count). The average molecular weight is 405 g/mol. The quantitative estimate of drug-likeness (QED) is 0.606. The third kappa shape index (κ3) is 6.96. The Labute approximate surface area is 167 Å². The number of nitrogens with two attached hydrogens (primary N) is 1. The van der Waals surface area contributed by atoms with Gasteiger partial charge in [-0.25, -0.2) is 0 Å². The van der Waals surface area contributed by atoms with E-state index < -0.39 is 17.8 Å². The molecule has 156 valence electrons. The van der Waals surface area contributed by atoms with Gasteiger partial charge in [0.05, 0.1) is 32.7 Å². The first-order valence-corrected chi connectivity index (χ1v) is 8.83. The minimum Gasteiger partial charge on any atom is -0.493 e. The Morgan fingerprint density at radius 2 is 1.62 bits per heavy atom. The summed E-state index contributed by atoms with van der Waals surface area (Å²) >= 11 is 0. The fraction of sp³-hybridized carbons (Fsp3) is 0.350. The summed E-state index contributed by atoms with van der Waals surface area (Å²) in [5.74, 6) is -1.16. The van der Waals surface area contributed by atoms with Crippen LogP contribution in [0.25, 0.3) is 11.3 Å². The number of furan rings is 1. The molecule has 0 spiro atoms. The molecule has 1 aliphatic heterocycles. The molecule has 2 heterocycles. The van der Waals surface area contributed by atoms with Gasteiger partial charge in [0.2, 0.25) is 0 Å². The molecule has 0 bridgehead atoms. The van der Waals surface area contributed by atoms with Crippen LogP contribution >= 0.6 is 0 Å². The van der Waals surface area contributed by atoms with Gasteiger partial charge in [0.1, 0.15) is 11.5 Å². The lowest BCUT2D eigenvalue weighted by Crippen LogP contribution is -2.44. The van der Waals surface area contributed by atoms with Gasteiger partial charge in [-0.1, -0.05) is 6.92 Å². The van der Waals surface area contributed by atoms with Crippen LogP contribution in [0.2, 0.25) is 0 Å². The maximum absolute atomic E-state index is 11.0. The Hall–Kier alpha value is -3.33. The highest BCUT2D eigenvalue weighted by molar-refractivity contribution is 5.90. The van der Waals surface area contributed by atoms with Crippen molar-refractivity contribution in [2.75, 3.05) is 19.8 Å². The third-order valence-electron chi connectivity index (χ3n) is 4.03. The minimum absolute atomic E-state index is 0.121. The van der Waals surface area contributed by atoms with E-state index in [0.717, 1.165) is 24.5 Å². The number of aliphatic carboxylic acids is 2. The summed E-state index contributed by atoms with van der Waals surface area (Å²) in [4.78, 5) is 30.3. The van der Waals surface area contributed by atoms with Gasteiger partial charge in [-0.15, -0.1) is 0 Å². The number of carbonyl (C=O) groups is 3. The lowest BCUT2D eigenvalue weighted by molar-refractivity contribution is -0.143. The van der Waals surface area contributed by atoms with Crippen molar-refractivity contribution in [3.8, 4) is 17.1 Å². The molecule has 1 fully saturated rings. The molecule has 1 saturated heterocycles. The molecular formula is C20H23NO8. The molecule has 0 unspecified atom stereocenters. The Morgan fingerprint density at radius 3 is 2.03 bits per heavy atom. The smallest absolute Gasteiger partial charge is 0.303 e. The zero-order chi connectivity index (χ0) is 21.4. The molecule has 0 saturated carbocycles. The monoisotopic (exact) mass is 405 g/mol. The zero-order valence-electron chi connectivity index (χ0n) is 15.9. The van der Waals surface area contributed by atoms with E-state index in [-0.39, 0.29) is 24.0 Å². The molecule has 1 aromatic heterocycles. The summed E-state index contributed by atoms with van der Waals surface area (Å²) in [5, 5.41) is 15.8.